The van der Waals surface area contributed by atoms with Crippen molar-refractivity contribution in [3.05, 3.63) is 28.3 Å². The molecular weight excluding hydrogens is 413 g/mol. The minimum absolute atomic E-state index is 0.0637. The first-order chi connectivity index (χ1) is 13.2. The van der Waals surface area contributed by atoms with Crippen LogP contribution < -0.4 is 10.6 Å². The van der Waals surface area contributed by atoms with Crippen molar-refractivity contribution in [1.82, 2.24) is 5.32 Å². The lowest BCUT2D eigenvalue weighted by atomic mass is 9.76. The van der Waals surface area contributed by atoms with Gasteiger partial charge in [0.25, 0.3) is 0 Å². The summed E-state index contributed by atoms with van der Waals surface area (Å²) in [6, 6.07) is 1.23. The highest BCUT2D eigenvalue weighted by molar-refractivity contribution is 6.34. The molecule has 0 aromatic heterocycles. The van der Waals surface area contributed by atoms with Crippen LogP contribution >= 0.6 is 11.6 Å². The number of aromatic carboxylic acids is 1. The molecule has 1 aliphatic carbocycles. The Morgan fingerprint density at radius 2 is 1.83 bits per heavy atom. The molecule has 0 unspecified atom stereocenters. The van der Waals surface area contributed by atoms with Gasteiger partial charge in [0.1, 0.15) is 5.60 Å². The third kappa shape index (κ3) is 6.16. The Morgan fingerprint density at radius 3 is 2.31 bits per heavy atom. The summed E-state index contributed by atoms with van der Waals surface area (Å²) in [6.45, 7) is 7.04. The number of anilines is 1. The number of carboxylic acids is 1. The highest BCUT2D eigenvalue weighted by atomic mass is 35.5. The summed E-state index contributed by atoms with van der Waals surface area (Å²) in [7, 11) is 0. The molecule has 1 fully saturated rings. The van der Waals surface area contributed by atoms with Gasteiger partial charge in [0.15, 0.2) is 0 Å². The van der Waals surface area contributed by atoms with Crippen molar-refractivity contribution in [3.63, 3.8) is 0 Å². The zero-order valence-corrected chi connectivity index (χ0v) is 17.2. The lowest BCUT2D eigenvalue weighted by Gasteiger charge is -2.40. The van der Waals surface area contributed by atoms with E-state index in [1.165, 1.54) is 0 Å². The zero-order valence-electron chi connectivity index (χ0n) is 16.5. The number of rotatable bonds is 5. The van der Waals surface area contributed by atoms with Crippen LogP contribution in [0.25, 0.3) is 0 Å². The smallest absolute Gasteiger partial charge is 0.417 e. The maximum absolute atomic E-state index is 13.2. The van der Waals surface area contributed by atoms with Gasteiger partial charge in [0.05, 0.1) is 21.8 Å². The third-order valence-electron chi connectivity index (χ3n) is 4.61. The first-order valence-electron chi connectivity index (χ1n) is 9.07. The van der Waals surface area contributed by atoms with Crippen LogP contribution in [0.5, 0.6) is 0 Å². The van der Waals surface area contributed by atoms with E-state index in [1.807, 2.05) is 0 Å². The predicted octanol–water partition coefficient (Wildman–Crippen LogP) is 5.16. The summed E-state index contributed by atoms with van der Waals surface area (Å²) in [5.74, 6) is -1.41. The maximum Gasteiger partial charge on any atom is 0.417 e. The molecule has 1 amide bonds. The number of amides is 1. The summed E-state index contributed by atoms with van der Waals surface area (Å²) in [6.07, 6.45) is -4.08. The number of carbonyl (C=O) groups excluding carboxylic acids is 1. The van der Waals surface area contributed by atoms with Gasteiger partial charge in [0, 0.05) is 12.1 Å². The number of halogens is 4. The van der Waals surface area contributed by atoms with Crippen molar-refractivity contribution in [2.45, 2.75) is 64.4 Å². The molecule has 0 aliphatic heterocycles. The van der Waals surface area contributed by atoms with Gasteiger partial charge < -0.3 is 20.5 Å². The van der Waals surface area contributed by atoms with Crippen LogP contribution in [0.4, 0.5) is 23.7 Å². The van der Waals surface area contributed by atoms with Crippen molar-refractivity contribution >= 4 is 29.4 Å². The van der Waals surface area contributed by atoms with Crippen LogP contribution in [0, 0.1) is 5.92 Å². The minimum Gasteiger partial charge on any atom is -0.478 e. The van der Waals surface area contributed by atoms with E-state index in [0.717, 1.165) is 6.07 Å². The fraction of sp³-hybridized carbons (Fsp3) is 0.579. The summed E-state index contributed by atoms with van der Waals surface area (Å²) >= 11 is 5.89. The third-order valence-corrected chi connectivity index (χ3v) is 5.02. The Bertz CT molecular complexity index is 787. The van der Waals surface area contributed by atoms with Gasteiger partial charge in [-0.05, 0) is 58.6 Å². The monoisotopic (exact) mass is 436 g/mol. The van der Waals surface area contributed by atoms with Gasteiger partial charge in [-0.25, -0.2) is 9.59 Å². The van der Waals surface area contributed by atoms with Crippen molar-refractivity contribution < 1.29 is 32.6 Å². The number of carbonyl (C=O) groups is 2. The van der Waals surface area contributed by atoms with Crippen LogP contribution in [0.1, 0.15) is 56.5 Å². The fourth-order valence-corrected chi connectivity index (χ4v) is 3.36. The van der Waals surface area contributed by atoms with E-state index >= 15 is 0 Å². The molecule has 29 heavy (non-hydrogen) atoms. The molecule has 2 rings (SSSR count). The average Bonchev–Trinajstić information content (AvgIpc) is 2.49. The zero-order chi connectivity index (χ0) is 22.1. The van der Waals surface area contributed by atoms with E-state index in [4.69, 9.17) is 21.4 Å². The van der Waals surface area contributed by atoms with Gasteiger partial charge in [-0.15, -0.1) is 0 Å². The quantitative estimate of drug-likeness (QED) is 0.593. The minimum atomic E-state index is -4.78. The number of hydrogen-bond acceptors (Lipinski definition) is 4. The first kappa shape index (κ1) is 23.1. The van der Waals surface area contributed by atoms with Crippen molar-refractivity contribution in [3.8, 4) is 0 Å². The molecule has 0 saturated heterocycles. The van der Waals surface area contributed by atoms with Gasteiger partial charge >= 0.3 is 18.2 Å². The Kier molecular flexibility index (Phi) is 6.61. The lowest BCUT2D eigenvalue weighted by Crippen LogP contribution is -2.49. The number of nitrogens with one attached hydrogen (secondary N) is 2. The molecule has 1 saturated carbocycles. The topological polar surface area (TPSA) is 87.7 Å². The fourth-order valence-electron chi connectivity index (χ4n) is 3.08. The van der Waals surface area contributed by atoms with Crippen LogP contribution in [0.3, 0.4) is 0 Å². The number of ether oxygens (including phenoxy) is 1. The van der Waals surface area contributed by atoms with Gasteiger partial charge in [-0.2, -0.15) is 13.2 Å². The van der Waals surface area contributed by atoms with E-state index in [9.17, 15) is 22.8 Å². The van der Waals surface area contributed by atoms with Crippen LogP contribution in [0.15, 0.2) is 12.1 Å². The van der Waals surface area contributed by atoms with E-state index in [1.54, 1.807) is 27.7 Å². The van der Waals surface area contributed by atoms with Gasteiger partial charge in [-0.3, -0.25) is 0 Å². The molecule has 162 valence electrons. The number of alkyl halides is 3. The molecular formula is C19H24ClF3N2O4. The van der Waals surface area contributed by atoms with Crippen LogP contribution in [-0.4, -0.2) is 34.9 Å². The second-order valence-electron chi connectivity index (χ2n) is 8.20. The largest absolute Gasteiger partial charge is 0.478 e. The predicted molar refractivity (Wildman–Crippen MR) is 102 cm³/mol. The number of carboxylic acid groups (broad SMARTS) is 1. The summed E-state index contributed by atoms with van der Waals surface area (Å²) in [4.78, 5) is 23.0. The Labute approximate surface area is 171 Å². The second-order valence-corrected chi connectivity index (χ2v) is 8.57. The first-order valence-corrected chi connectivity index (χ1v) is 9.45. The van der Waals surface area contributed by atoms with Crippen molar-refractivity contribution in [1.29, 1.82) is 0 Å². The average molecular weight is 437 g/mol. The highest BCUT2D eigenvalue weighted by Crippen LogP contribution is 2.40. The molecule has 3 N–H and O–H groups in total. The molecule has 1 aromatic rings. The molecule has 0 heterocycles. The van der Waals surface area contributed by atoms with Crippen molar-refractivity contribution in [2.24, 2.45) is 5.92 Å². The standard InChI is InChI=1S/C19H24ClF3N2O4/c1-9(10-5-12(6-10)25-17(28)29-18(2,3)4)24-14-8-11(16(26)27)7-13(15(14)20)19(21,22)23/h7-10,12,24H,5-6H2,1-4H3,(H,25,28)(H,26,27)/t9-,10?,12?/m0/s1. The number of hydrogen-bond donors (Lipinski definition) is 3. The summed E-state index contributed by atoms with van der Waals surface area (Å²) in [5.41, 5.74) is -2.40. The second kappa shape index (κ2) is 8.30. The normalized spacial score (nSPS) is 20.4. The molecule has 6 nitrogen and oxygen atoms in total. The Hall–Kier alpha value is -2.16. The molecule has 0 spiro atoms. The Balaban J connectivity index is 2.03. The molecule has 0 radical (unpaired) electrons. The van der Waals surface area contributed by atoms with E-state index in [0.29, 0.717) is 18.9 Å². The van der Waals surface area contributed by atoms with Gasteiger partial charge in [-0.1, -0.05) is 11.6 Å². The SMILES string of the molecule is C[C@H](Nc1cc(C(=O)O)cc(C(F)(F)F)c1Cl)C1CC(NC(=O)OC(C)(C)C)C1. The summed E-state index contributed by atoms with van der Waals surface area (Å²) < 4.78 is 44.7. The summed E-state index contributed by atoms with van der Waals surface area (Å²) in [5, 5.41) is 14.2. The highest BCUT2D eigenvalue weighted by Gasteiger charge is 2.37. The molecule has 1 aromatic carbocycles. The van der Waals surface area contributed by atoms with E-state index in [-0.39, 0.29) is 23.7 Å². The van der Waals surface area contributed by atoms with Gasteiger partial charge in [0.2, 0.25) is 0 Å². The molecule has 1 aliphatic rings. The van der Waals surface area contributed by atoms with Crippen LogP contribution in [0.2, 0.25) is 5.02 Å². The van der Waals surface area contributed by atoms with Crippen molar-refractivity contribution in [2.75, 3.05) is 5.32 Å². The van der Waals surface area contributed by atoms with Crippen LogP contribution in [-0.2, 0) is 10.9 Å². The molecule has 10 heteroatoms. The molecule has 0 bridgehead atoms. The maximum atomic E-state index is 13.2. The van der Waals surface area contributed by atoms with E-state index in [2.05, 4.69) is 10.6 Å². The molecule has 1 atom stereocenters. The lowest BCUT2D eigenvalue weighted by molar-refractivity contribution is -0.137. The number of benzene rings is 1. The number of alkyl carbamates (subject to hydrolysis) is 1. The Morgan fingerprint density at radius 1 is 1.24 bits per heavy atom. The van der Waals surface area contributed by atoms with E-state index < -0.39 is 40.0 Å².